The van der Waals surface area contributed by atoms with Crippen LogP contribution in [0.3, 0.4) is 0 Å². The number of anilines is 1. The maximum absolute atomic E-state index is 10.6. The van der Waals surface area contributed by atoms with Gasteiger partial charge in [-0.3, -0.25) is 10.1 Å². The lowest BCUT2D eigenvalue weighted by molar-refractivity contribution is -0.384. The van der Waals surface area contributed by atoms with Crippen molar-refractivity contribution in [1.29, 1.82) is 0 Å². The molecular formula is C13H20N2O2. The number of nitro benzene ring substituents is 1. The first-order chi connectivity index (χ1) is 8.02. The molecule has 0 aliphatic heterocycles. The molecule has 0 amide bonds. The molecule has 17 heavy (non-hydrogen) atoms. The fourth-order valence-electron chi connectivity index (χ4n) is 1.82. The van der Waals surface area contributed by atoms with Gasteiger partial charge >= 0.3 is 0 Å². The van der Waals surface area contributed by atoms with Crippen LogP contribution in [0.1, 0.15) is 33.6 Å². The zero-order chi connectivity index (χ0) is 12.8. The van der Waals surface area contributed by atoms with E-state index in [1.165, 1.54) is 6.07 Å². The van der Waals surface area contributed by atoms with Crippen molar-refractivity contribution in [3.8, 4) is 0 Å². The number of hydrogen-bond acceptors (Lipinski definition) is 3. The molecule has 0 bridgehead atoms. The fourth-order valence-corrected chi connectivity index (χ4v) is 1.82. The van der Waals surface area contributed by atoms with Crippen molar-refractivity contribution in [1.82, 2.24) is 0 Å². The van der Waals surface area contributed by atoms with Gasteiger partial charge in [-0.25, -0.2) is 0 Å². The van der Waals surface area contributed by atoms with Gasteiger partial charge in [0.15, 0.2) is 0 Å². The van der Waals surface area contributed by atoms with Gasteiger partial charge in [-0.05, 0) is 25.3 Å². The van der Waals surface area contributed by atoms with Gasteiger partial charge < -0.3 is 5.32 Å². The third kappa shape index (κ3) is 4.43. The number of nitro groups is 1. The van der Waals surface area contributed by atoms with Crippen LogP contribution in [0.25, 0.3) is 0 Å². The minimum absolute atomic E-state index is 0.130. The lowest BCUT2D eigenvalue weighted by Gasteiger charge is -2.18. The van der Waals surface area contributed by atoms with E-state index in [1.54, 1.807) is 12.1 Å². The third-order valence-electron chi connectivity index (χ3n) is 2.92. The number of hydrogen-bond donors (Lipinski definition) is 1. The summed E-state index contributed by atoms with van der Waals surface area (Å²) in [5.74, 6) is 0.663. The summed E-state index contributed by atoms with van der Waals surface area (Å²) in [6.07, 6.45) is 2.22. The first kappa shape index (κ1) is 13.5. The molecule has 0 aromatic heterocycles. The molecule has 0 aliphatic rings. The van der Waals surface area contributed by atoms with Gasteiger partial charge in [0.1, 0.15) is 0 Å². The van der Waals surface area contributed by atoms with Gasteiger partial charge in [0.25, 0.3) is 5.69 Å². The highest BCUT2D eigenvalue weighted by Gasteiger charge is 2.09. The van der Waals surface area contributed by atoms with E-state index in [9.17, 15) is 10.1 Å². The molecule has 0 heterocycles. The van der Waals surface area contributed by atoms with Crippen LogP contribution < -0.4 is 5.32 Å². The quantitative estimate of drug-likeness (QED) is 0.603. The molecular weight excluding hydrogens is 216 g/mol. The second-order valence-electron chi connectivity index (χ2n) is 4.60. The summed E-state index contributed by atoms with van der Waals surface area (Å²) in [4.78, 5) is 10.3. The van der Waals surface area contributed by atoms with Gasteiger partial charge in [-0.15, -0.1) is 0 Å². The SMILES string of the molecule is CCC(C)CC(C)Nc1cccc([N+](=O)[O-])c1. The average molecular weight is 236 g/mol. The molecule has 0 saturated carbocycles. The summed E-state index contributed by atoms with van der Waals surface area (Å²) in [5, 5.41) is 13.9. The Hall–Kier alpha value is -1.58. The number of non-ortho nitro benzene ring substituents is 1. The van der Waals surface area contributed by atoms with E-state index in [2.05, 4.69) is 26.1 Å². The molecule has 0 radical (unpaired) electrons. The smallest absolute Gasteiger partial charge is 0.271 e. The minimum atomic E-state index is -0.371. The van der Waals surface area contributed by atoms with E-state index >= 15 is 0 Å². The predicted octanol–water partition coefficient (Wildman–Crippen LogP) is 3.83. The highest BCUT2D eigenvalue weighted by atomic mass is 16.6. The third-order valence-corrected chi connectivity index (χ3v) is 2.92. The summed E-state index contributed by atoms with van der Waals surface area (Å²) in [7, 11) is 0. The average Bonchev–Trinajstić information content (AvgIpc) is 2.28. The lowest BCUT2D eigenvalue weighted by Crippen LogP contribution is -2.18. The molecule has 1 aromatic rings. The molecule has 2 unspecified atom stereocenters. The van der Waals surface area contributed by atoms with Crippen LogP contribution in [0.15, 0.2) is 24.3 Å². The van der Waals surface area contributed by atoms with Crippen LogP contribution in [-0.2, 0) is 0 Å². The summed E-state index contributed by atoms with van der Waals surface area (Å²) in [6, 6.07) is 6.97. The van der Waals surface area contributed by atoms with Crippen molar-refractivity contribution in [2.75, 3.05) is 5.32 Å². The largest absolute Gasteiger partial charge is 0.382 e. The molecule has 0 spiro atoms. The van der Waals surface area contributed by atoms with E-state index in [1.807, 2.05) is 6.07 Å². The Balaban J connectivity index is 2.62. The van der Waals surface area contributed by atoms with Crippen molar-refractivity contribution in [3.05, 3.63) is 34.4 Å². The molecule has 0 fully saturated rings. The molecule has 4 heteroatoms. The Labute approximate surface area is 102 Å². The fraction of sp³-hybridized carbons (Fsp3) is 0.538. The Bertz CT molecular complexity index is 379. The van der Waals surface area contributed by atoms with Gasteiger partial charge in [0.05, 0.1) is 4.92 Å². The summed E-state index contributed by atoms with van der Waals surface area (Å²) < 4.78 is 0. The standard InChI is InChI=1S/C13H20N2O2/c1-4-10(2)8-11(3)14-12-6-5-7-13(9-12)15(16)17/h5-7,9-11,14H,4,8H2,1-3H3. The van der Waals surface area contributed by atoms with E-state index in [-0.39, 0.29) is 10.6 Å². The van der Waals surface area contributed by atoms with Crippen molar-refractivity contribution in [2.45, 2.75) is 39.7 Å². The molecule has 1 aromatic carbocycles. The predicted molar refractivity (Wildman–Crippen MR) is 70.3 cm³/mol. The number of nitrogens with zero attached hydrogens (tertiary/aromatic N) is 1. The number of benzene rings is 1. The molecule has 2 atom stereocenters. The van der Waals surface area contributed by atoms with Gasteiger partial charge in [0, 0.05) is 23.9 Å². The first-order valence-electron chi connectivity index (χ1n) is 6.04. The Kier molecular flexibility index (Phi) is 4.94. The Morgan fingerprint density at radius 2 is 2.12 bits per heavy atom. The van der Waals surface area contributed by atoms with E-state index in [0.29, 0.717) is 12.0 Å². The van der Waals surface area contributed by atoms with Crippen LogP contribution in [0.5, 0.6) is 0 Å². The topological polar surface area (TPSA) is 55.2 Å². The minimum Gasteiger partial charge on any atom is -0.382 e. The number of nitrogens with one attached hydrogen (secondary N) is 1. The van der Waals surface area contributed by atoms with Crippen LogP contribution in [0, 0.1) is 16.0 Å². The van der Waals surface area contributed by atoms with Gasteiger partial charge in [-0.1, -0.05) is 26.3 Å². The zero-order valence-corrected chi connectivity index (χ0v) is 10.6. The lowest BCUT2D eigenvalue weighted by atomic mass is 10.0. The van der Waals surface area contributed by atoms with E-state index in [4.69, 9.17) is 0 Å². The van der Waals surface area contributed by atoms with Crippen molar-refractivity contribution in [3.63, 3.8) is 0 Å². The van der Waals surface area contributed by atoms with Crippen molar-refractivity contribution in [2.24, 2.45) is 5.92 Å². The zero-order valence-electron chi connectivity index (χ0n) is 10.6. The number of rotatable bonds is 6. The van der Waals surface area contributed by atoms with Crippen LogP contribution >= 0.6 is 0 Å². The normalized spacial score (nSPS) is 14.1. The van der Waals surface area contributed by atoms with E-state index < -0.39 is 0 Å². The summed E-state index contributed by atoms with van der Waals surface area (Å²) >= 11 is 0. The highest BCUT2D eigenvalue weighted by Crippen LogP contribution is 2.19. The van der Waals surface area contributed by atoms with Crippen LogP contribution in [0.2, 0.25) is 0 Å². The maximum atomic E-state index is 10.6. The molecule has 4 nitrogen and oxygen atoms in total. The van der Waals surface area contributed by atoms with Gasteiger partial charge in [0.2, 0.25) is 0 Å². The molecule has 0 aliphatic carbocycles. The molecule has 1 N–H and O–H groups in total. The summed E-state index contributed by atoms with van der Waals surface area (Å²) in [6.45, 7) is 6.49. The molecule has 94 valence electrons. The second kappa shape index (κ2) is 6.23. The highest BCUT2D eigenvalue weighted by molar-refractivity contribution is 5.51. The first-order valence-corrected chi connectivity index (χ1v) is 6.04. The molecule has 0 saturated heterocycles. The van der Waals surface area contributed by atoms with Crippen molar-refractivity contribution < 1.29 is 4.92 Å². The van der Waals surface area contributed by atoms with Crippen molar-refractivity contribution >= 4 is 11.4 Å². The Morgan fingerprint density at radius 1 is 1.41 bits per heavy atom. The summed E-state index contributed by atoms with van der Waals surface area (Å²) in [5.41, 5.74) is 0.945. The second-order valence-corrected chi connectivity index (χ2v) is 4.60. The maximum Gasteiger partial charge on any atom is 0.271 e. The van der Waals surface area contributed by atoms with Crippen LogP contribution in [-0.4, -0.2) is 11.0 Å². The monoisotopic (exact) mass is 236 g/mol. The Morgan fingerprint density at radius 3 is 2.71 bits per heavy atom. The van der Waals surface area contributed by atoms with E-state index in [0.717, 1.165) is 18.5 Å². The molecule has 1 rings (SSSR count). The van der Waals surface area contributed by atoms with Gasteiger partial charge in [-0.2, -0.15) is 0 Å². The van der Waals surface area contributed by atoms with Crippen LogP contribution in [0.4, 0.5) is 11.4 Å².